The zero-order chi connectivity index (χ0) is 16.1. The van der Waals surface area contributed by atoms with Crippen molar-refractivity contribution < 1.29 is 9.00 Å². The molecule has 0 radical (unpaired) electrons. The predicted molar refractivity (Wildman–Crippen MR) is 92.1 cm³/mol. The highest BCUT2D eigenvalue weighted by atomic mass is 32.2. The van der Waals surface area contributed by atoms with Crippen molar-refractivity contribution in [1.29, 1.82) is 0 Å². The van der Waals surface area contributed by atoms with Crippen molar-refractivity contribution in [2.24, 2.45) is 5.73 Å². The zero-order valence-corrected chi connectivity index (χ0v) is 13.6. The second kappa shape index (κ2) is 7.22. The van der Waals surface area contributed by atoms with E-state index in [2.05, 4.69) is 17.0 Å². The summed E-state index contributed by atoms with van der Waals surface area (Å²) in [5, 5.41) is 0. The molecule has 2 aromatic carbocycles. The molecule has 1 unspecified atom stereocenters. The van der Waals surface area contributed by atoms with E-state index in [0.29, 0.717) is 5.75 Å². The zero-order valence-electron chi connectivity index (χ0n) is 12.8. The third kappa shape index (κ3) is 4.43. The van der Waals surface area contributed by atoms with E-state index >= 15 is 0 Å². The topological polar surface area (TPSA) is 63.4 Å². The molecule has 2 rings (SSSR count). The van der Waals surface area contributed by atoms with Crippen LogP contribution in [0.15, 0.2) is 48.5 Å². The van der Waals surface area contributed by atoms with Crippen LogP contribution < -0.4 is 10.6 Å². The van der Waals surface area contributed by atoms with Gasteiger partial charge in [-0.3, -0.25) is 9.00 Å². The first kappa shape index (κ1) is 16.2. The van der Waals surface area contributed by atoms with Gasteiger partial charge in [0.1, 0.15) is 5.75 Å². The van der Waals surface area contributed by atoms with Gasteiger partial charge in [0.25, 0.3) is 0 Å². The summed E-state index contributed by atoms with van der Waals surface area (Å²) in [7, 11) is 2.74. The minimum absolute atomic E-state index is 0.0969. The van der Waals surface area contributed by atoms with Crippen LogP contribution in [0.1, 0.15) is 5.56 Å². The van der Waals surface area contributed by atoms with Gasteiger partial charge >= 0.3 is 0 Å². The molecule has 0 aliphatic rings. The van der Waals surface area contributed by atoms with Gasteiger partial charge in [-0.05, 0) is 28.8 Å². The maximum Gasteiger partial charge on any atom is 0.230 e. The van der Waals surface area contributed by atoms with Crippen LogP contribution in [0, 0.1) is 0 Å². The van der Waals surface area contributed by atoms with E-state index in [1.807, 2.05) is 50.5 Å². The fourth-order valence-electron chi connectivity index (χ4n) is 2.20. The van der Waals surface area contributed by atoms with E-state index in [1.54, 1.807) is 0 Å². The number of hydrogen-bond donors (Lipinski definition) is 1. The normalized spacial score (nSPS) is 11.9. The van der Waals surface area contributed by atoms with Gasteiger partial charge in [0, 0.05) is 36.3 Å². The van der Waals surface area contributed by atoms with Crippen molar-refractivity contribution in [1.82, 2.24) is 0 Å². The van der Waals surface area contributed by atoms with E-state index in [9.17, 15) is 9.00 Å². The van der Waals surface area contributed by atoms with Crippen LogP contribution in [0.3, 0.4) is 0 Å². The Kier molecular flexibility index (Phi) is 5.33. The van der Waals surface area contributed by atoms with Crippen LogP contribution in [0.5, 0.6) is 0 Å². The van der Waals surface area contributed by atoms with Crippen LogP contribution >= 0.6 is 0 Å². The van der Waals surface area contributed by atoms with Gasteiger partial charge in [-0.1, -0.05) is 36.4 Å². The van der Waals surface area contributed by atoms with Crippen LogP contribution in [-0.4, -0.2) is 30.0 Å². The summed E-state index contributed by atoms with van der Waals surface area (Å²) in [6.45, 7) is 0. The van der Waals surface area contributed by atoms with Gasteiger partial charge in [0.05, 0.1) is 0 Å². The first-order chi connectivity index (χ1) is 10.5. The predicted octanol–water partition coefficient (Wildman–Crippen LogP) is 2.15. The van der Waals surface area contributed by atoms with Crippen LogP contribution in [0.25, 0.3) is 11.1 Å². The smallest absolute Gasteiger partial charge is 0.230 e. The third-order valence-electron chi connectivity index (χ3n) is 3.25. The summed E-state index contributed by atoms with van der Waals surface area (Å²) < 4.78 is 11.8. The average molecular weight is 316 g/mol. The molecule has 5 heteroatoms. The highest BCUT2D eigenvalue weighted by Crippen LogP contribution is 2.25. The van der Waals surface area contributed by atoms with Crippen LogP contribution in [-0.2, 0) is 21.3 Å². The minimum Gasteiger partial charge on any atom is -0.378 e. The Morgan fingerprint density at radius 3 is 2.36 bits per heavy atom. The summed E-state index contributed by atoms with van der Waals surface area (Å²) in [5.41, 5.74) is 9.31. The number of nitrogens with zero attached hydrogens (tertiary/aromatic N) is 1. The highest BCUT2D eigenvalue weighted by Gasteiger charge is 2.07. The number of hydrogen-bond acceptors (Lipinski definition) is 3. The van der Waals surface area contributed by atoms with Crippen molar-refractivity contribution in [2.45, 2.75) is 5.75 Å². The number of nitrogens with two attached hydrogens (primary N) is 1. The third-order valence-corrected chi connectivity index (χ3v) is 4.52. The number of rotatable bonds is 6. The first-order valence-corrected chi connectivity index (χ1v) is 8.44. The molecule has 0 bridgehead atoms. The molecule has 4 nitrogen and oxygen atoms in total. The molecule has 0 aromatic heterocycles. The molecule has 0 aliphatic heterocycles. The molecular weight excluding hydrogens is 296 g/mol. The lowest BCUT2D eigenvalue weighted by Crippen LogP contribution is -2.20. The lowest BCUT2D eigenvalue weighted by atomic mass is 10.0. The Labute approximate surface area is 133 Å². The molecule has 0 heterocycles. The number of anilines is 1. The number of amides is 1. The maximum absolute atomic E-state index is 11.8. The number of primary amides is 1. The average Bonchev–Trinajstić information content (AvgIpc) is 2.46. The Balaban J connectivity index is 2.23. The van der Waals surface area contributed by atoms with Crippen molar-refractivity contribution in [3.63, 3.8) is 0 Å². The van der Waals surface area contributed by atoms with Crippen molar-refractivity contribution in [3.8, 4) is 11.1 Å². The van der Waals surface area contributed by atoms with Crippen molar-refractivity contribution in [3.05, 3.63) is 54.1 Å². The SMILES string of the molecule is CN(C)c1cccc(-c2cccc(CS(=O)CC(N)=O)c2)c1. The Hall–Kier alpha value is -2.14. The number of carbonyl (C=O) groups excluding carboxylic acids is 1. The summed E-state index contributed by atoms with van der Waals surface area (Å²) in [5.74, 6) is -0.294. The van der Waals surface area contributed by atoms with Gasteiger partial charge in [0.15, 0.2) is 0 Å². The summed E-state index contributed by atoms with van der Waals surface area (Å²) in [6.07, 6.45) is 0. The molecule has 0 aliphatic carbocycles. The quantitative estimate of drug-likeness (QED) is 0.888. The second-order valence-corrected chi connectivity index (χ2v) is 6.80. The molecular formula is C17H20N2O2S. The van der Waals surface area contributed by atoms with Gasteiger partial charge < -0.3 is 10.6 Å². The Bertz CT molecular complexity index is 699. The molecule has 2 aromatic rings. The summed E-state index contributed by atoms with van der Waals surface area (Å²) in [4.78, 5) is 12.9. The highest BCUT2D eigenvalue weighted by molar-refractivity contribution is 7.84. The molecule has 22 heavy (non-hydrogen) atoms. The van der Waals surface area contributed by atoms with E-state index < -0.39 is 16.7 Å². The maximum atomic E-state index is 11.8. The Morgan fingerprint density at radius 1 is 1.09 bits per heavy atom. The molecule has 0 spiro atoms. The van der Waals surface area contributed by atoms with Gasteiger partial charge in [-0.25, -0.2) is 0 Å². The van der Waals surface area contributed by atoms with Crippen LogP contribution in [0.2, 0.25) is 0 Å². The molecule has 0 saturated carbocycles. The molecule has 0 fully saturated rings. The number of benzene rings is 2. The second-order valence-electron chi connectivity index (χ2n) is 5.34. The molecule has 0 saturated heterocycles. The van der Waals surface area contributed by atoms with E-state index in [-0.39, 0.29) is 5.75 Å². The largest absolute Gasteiger partial charge is 0.378 e. The minimum atomic E-state index is -1.26. The van der Waals surface area contributed by atoms with Crippen molar-refractivity contribution >= 4 is 22.4 Å². The lowest BCUT2D eigenvalue weighted by Gasteiger charge is -2.14. The van der Waals surface area contributed by atoms with Crippen LogP contribution in [0.4, 0.5) is 5.69 Å². The van der Waals surface area contributed by atoms with Gasteiger partial charge in [-0.15, -0.1) is 0 Å². The monoisotopic (exact) mass is 316 g/mol. The van der Waals surface area contributed by atoms with Gasteiger partial charge in [0.2, 0.25) is 5.91 Å². The Morgan fingerprint density at radius 2 is 1.73 bits per heavy atom. The standard InChI is InChI=1S/C17H20N2O2S/c1-19(2)16-8-4-7-15(10-16)14-6-3-5-13(9-14)11-22(21)12-17(18)20/h3-10H,11-12H2,1-2H3,(H2,18,20). The number of carbonyl (C=O) groups is 1. The summed E-state index contributed by atoms with van der Waals surface area (Å²) >= 11 is 0. The van der Waals surface area contributed by atoms with Gasteiger partial charge in [-0.2, -0.15) is 0 Å². The fourth-order valence-corrected chi connectivity index (χ4v) is 3.17. The molecule has 1 amide bonds. The summed E-state index contributed by atoms with van der Waals surface area (Å²) in [6, 6.07) is 16.1. The lowest BCUT2D eigenvalue weighted by molar-refractivity contribution is -0.115. The molecule has 1 atom stereocenters. The van der Waals surface area contributed by atoms with E-state index in [4.69, 9.17) is 5.73 Å². The molecule has 116 valence electrons. The fraction of sp³-hybridized carbons (Fsp3) is 0.235. The van der Waals surface area contributed by atoms with E-state index in [1.165, 1.54) is 0 Å². The van der Waals surface area contributed by atoms with E-state index in [0.717, 1.165) is 22.4 Å². The van der Waals surface area contributed by atoms with Crippen molar-refractivity contribution in [2.75, 3.05) is 24.7 Å². The molecule has 2 N–H and O–H groups in total. The first-order valence-electron chi connectivity index (χ1n) is 6.95.